The fraction of sp³-hybridized carbons (Fsp3) is 0.471. The number of rotatable bonds is 4. The van der Waals surface area contributed by atoms with E-state index in [1.54, 1.807) is 22.5 Å². The van der Waals surface area contributed by atoms with E-state index in [1.165, 1.54) is 0 Å². The Kier molecular flexibility index (Phi) is 4.97. The maximum Gasteiger partial charge on any atom is 0.245 e. The molecule has 0 N–H and O–H groups in total. The molecule has 10 heteroatoms. The molecule has 0 atom stereocenters. The van der Waals surface area contributed by atoms with Crippen LogP contribution in [0.3, 0.4) is 0 Å². The second-order valence-corrected chi connectivity index (χ2v) is 9.16. The lowest BCUT2D eigenvalue weighted by atomic mass is 10.2. The fourth-order valence-corrected chi connectivity index (χ4v) is 5.65. The summed E-state index contributed by atoms with van der Waals surface area (Å²) in [5.41, 5.74) is 3.06. The number of nitrogens with zero attached hydrogens (tertiary/aromatic N) is 5. The van der Waals surface area contributed by atoms with Crippen molar-refractivity contribution in [2.24, 2.45) is 0 Å². The predicted molar refractivity (Wildman–Crippen MR) is 102 cm³/mol. The molecule has 1 aliphatic rings. The number of aryl methyl sites for hydroxylation is 2. The lowest BCUT2D eigenvalue weighted by Gasteiger charge is -2.21. The first-order valence-electron chi connectivity index (χ1n) is 8.82. The van der Waals surface area contributed by atoms with Crippen LogP contribution in [0.25, 0.3) is 11.0 Å². The molecule has 0 bridgehead atoms. The molecule has 4 rings (SSSR count). The van der Waals surface area contributed by atoms with Gasteiger partial charge in [-0.3, -0.25) is 4.90 Å². The number of sulfonamides is 1. The Labute approximate surface area is 162 Å². The maximum atomic E-state index is 13.2. The lowest BCUT2D eigenvalue weighted by Crippen LogP contribution is -2.35. The largest absolute Gasteiger partial charge is 0.361 e. The Hall–Kier alpha value is -1.88. The van der Waals surface area contributed by atoms with Crippen LogP contribution in [0.1, 0.15) is 23.4 Å². The van der Waals surface area contributed by atoms with Crippen molar-refractivity contribution in [3.8, 4) is 0 Å². The van der Waals surface area contributed by atoms with Gasteiger partial charge in [0.2, 0.25) is 10.0 Å². The number of fused-ring (bicyclic) bond motifs is 1. The molecule has 1 aromatic carbocycles. The van der Waals surface area contributed by atoms with Crippen LogP contribution in [-0.4, -0.2) is 57.7 Å². The minimum absolute atomic E-state index is 0.243. The Morgan fingerprint density at radius 3 is 2.78 bits per heavy atom. The molecular formula is C17H21N5O3S2. The van der Waals surface area contributed by atoms with Crippen LogP contribution in [0.5, 0.6) is 0 Å². The molecule has 27 heavy (non-hydrogen) atoms. The molecule has 1 aliphatic heterocycles. The van der Waals surface area contributed by atoms with E-state index in [1.807, 2.05) is 13.8 Å². The molecule has 0 radical (unpaired) electrons. The Balaban J connectivity index is 1.53. The van der Waals surface area contributed by atoms with E-state index in [2.05, 4.69) is 18.8 Å². The summed E-state index contributed by atoms with van der Waals surface area (Å²) in [5, 5.41) is 4.00. The third-order valence-electron chi connectivity index (χ3n) is 4.98. The first-order valence-corrected chi connectivity index (χ1v) is 11.0. The number of aromatic nitrogens is 3. The summed E-state index contributed by atoms with van der Waals surface area (Å²) in [6.45, 7) is 7.00. The van der Waals surface area contributed by atoms with E-state index in [9.17, 15) is 8.42 Å². The number of benzene rings is 1. The SMILES string of the molecule is Cc1noc(C)c1CN1CCCN(S(=O)(=O)c2cccc3nsnc23)CC1. The van der Waals surface area contributed by atoms with E-state index in [0.29, 0.717) is 30.7 Å². The van der Waals surface area contributed by atoms with Crippen molar-refractivity contribution in [3.05, 3.63) is 35.2 Å². The summed E-state index contributed by atoms with van der Waals surface area (Å²) in [6, 6.07) is 5.12. The highest BCUT2D eigenvalue weighted by Crippen LogP contribution is 2.25. The smallest absolute Gasteiger partial charge is 0.245 e. The van der Waals surface area contributed by atoms with Crippen LogP contribution >= 0.6 is 11.7 Å². The molecule has 3 aromatic rings. The first kappa shape index (κ1) is 18.5. The summed E-state index contributed by atoms with van der Waals surface area (Å²) >= 11 is 1.03. The third-order valence-corrected chi connectivity index (χ3v) is 7.45. The van der Waals surface area contributed by atoms with Gasteiger partial charge in [-0.15, -0.1) is 0 Å². The third kappa shape index (κ3) is 3.49. The van der Waals surface area contributed by atoms with Gasteiger partial charge in [-0.1, -0.05) is 11.2 Å². The van der Waals surface area contributed by atoms with Crippen molar-refractivity contribution in [3.63, 3.8) is 0 Å². The van der Waals surface area contributed by atoms with Crippen molar-refractivity contribution in [1.29, 1.82) is 0 Å². The highest BCUT2D eigenvalue weighted by Gasteiger charge is 2.29. The summed E-state index contributed by atoms with van der Waals surface area (Å²) in [5.74, 6) is 0.823. The zero-order valence-electron chi connectivity index (χ0n) is 15.3. The normalized spacial score (nSPS) is 17.4. The molecule has 2 aromatic heterocycles. The number of hydrogen-bond acceptors (Lipinski definition) is 8. The molecule has 144 valence electrons. The molecule has 1 saturated heterocycles. The molecule has 0 unspecified atom stereocenters. The van der Waals surface area contributed by atoms with Crippen molar-refractivity contribution < 1.29 is 12.9 Å². The Morgan fingerprint density at radius 1 is 1.15 bits per heavy atom. The predicted octanol–water partition coefficient (Wildman–Crippen LogP) is 2.19. The maximum absolute atomic E-state index is 13.2. The molecule has 1 fully saturated rings. The topological polar surface area (TPSA) is 92.4 Å². The van der Waals surface area contributed by atoms with Gasteiger partial charge in [0.05, 0.1) is 17.4 Å². The second-order valence-electron chi connectivity index (χ2n) is 6.72. The number of hydrogen-bond donors (Lipinski definition) is 0. The van der Waals surface area contributed by atoms with Gasteiger partial charge in [0.15, 0.2) is 0 Å². The second kappa shape index (κ2) is 7.27. The van der Waals surface area contributed by atoms with Crippen LogP contribution in [0.15, 0.2) is 27.6 Å². The quantitative estimate of drug-likeness (QED) is 0.654. The van der Waals surface area contributed by atoms with Crippen molar-refractivity contribution in [2.75, 3.05) is 26.2 Å². The van der Waals surface area contributed by atoms with Crippen LogP contribution in [0.4, 0.5) is 0 Å². The summed E-state index contributed by atoms with van der Waals surface area (Å²) in [6.07, 6.45) is 0.772. The minimum Gasteiger partial charge on any atom is -0.361 e. The van der Waals surface area contributed by atoms with Gasteiger partial charge in [0.25, 0.3) is 0 Å². The lowest BCUT2D eigenvalue weighted by molar-refractivity contribution is 0.276. The Bertz CT molecular complexity index is 1040. The zero-order chi connectivity index (χ0) is 19.0. The van der Waals surface area contributed by atoms with E-state index in [0.717, 1.165) is 48.3 Å². The van der Waals surface area contributed by atoms with Gasteiger partial charge in [0, 0.05) is 31.7 Å². The highest BCUT2D eigenvalue weighted by molar-refractivity contribution is 7.89. The minimum atomic E-state index is -3.60. The molecule has 3 heterocycles. The van der Waals surface area contributed by atoms with Crippen LogP contribution in [-0.2, 0) is 16.6 Å². The van der Waals surface area contributed by atoms with Crippen molar-refractivity contribution in [1.82, 2.24) is 23.1 Å². The van der Waals surface area contributed by atoms with Crippen LogP contribution in [0, 0.1) is 13.8 Å². The summed E-state index contributed by atoms with van der Waals surface area (Å²) in [7, 11) is -3.60. The van der Waals surface area contributed by atoms with E-state index in [-0.39, 0.29) is 4.90 Å². The van der Waals surface area contributed by atoms with E-state index >= 15 is 0 Å². The monoisotopic (exact) mass is 407 g/mol. The molecule has 0 spiro atoms. The van der Waals surface area contributed by atoms with Gasteiger partial charge < -0.3 is 4.52 Å². The first-order chi connectivity index (χ1) is 13.0. The molecule has 0 amide bonds. The van der Waals surface area contributed by atoms with Crippen LogP contribution < -0.4 is 0 Å². The van der Waals surface area contributed by atoms with Crippen LogP contribution in [0.2, 0.25) is 0 Å². The average Bonchev–Trinajstić information content (AvgIpc) is 3.16. The van der Waals surface area contributed by atoms with E-state index in [4.69, 9.17) is 4.52 Å². The molecule has 8 nitrogen and oxygen atoms in total. The highest BCUT2D eigenvalue weighted by atomic mass is 32.2. The van der Waals surface area contributed by atoms with Gasteiger partial charge in [-0.05, 0) is 38.9 Å². The molecular weight excluding hydrogens is 386 g/mol. The zero-order valence-corrected chi connectivity index (χ0v) is 16.9. The molecule has 0 saturated carbocycles. The van der Waals surface area contributed by atoms with Gasteiger partial charge in [-0.25, -0.2) is 8.42 Å². The van der Waals surface area contributed by atoms with Gasteiger partial charge in [-0.2, -0.15) is 13.1 Å². The Morgan fingerprint density at radius 2 is 2.00 bits per heavy atom. The summed E-state index contributed by atoms with van der Waals surface area (Å²) in [4.78, 5) is 2.50. The average molecular weight is 408 g/mol. The van der Waals surface area contributed by atoms with Crippen molar-refractivity contribution in [2.45, 2.75) is 31.7 Å². The van der Waals surface area contributed by atoms with Crippen molar-refractivity contribution >= 4 is 32.8 Å². The fourth-order valence-electron chi connectivity index (χ4n) is 3.43. The standard InChI is InChI=1S/C17H21N5O3S2/c1-12-14(13(2)25-18-12)11-21-7-4-8-22(10-9-21)27(23,24)16-6-3-5-15-17(16)20-26-19-15/h3,5-6H,4,7-11H2,1-2H3. The summed E-state index contributed by atoms with van der Waals surface area (Å²) < 4.78 is 41.5. The van der Waals surface area contributed by atoms with Gasteiger partial charge >= 0.3 is 0 Å². The van der Waals surface area contributed by atoms with E-state index < -0.39 is 10.0 Å². The van der Waals surface area contributed by atoms with Gasteiger partial charge in [0.1, 0.15) is 21.7 Å². The molecule has 0 aliphatic carbocycles.